The van der Waals surface area contributed by atoms with Crippen LogP contribution in [0.2, 0.25) is 0 Å². The largest absolute Gasteiger partial charge is 0.507 e. The van der Waals surface area contributed by atoms with Gasteiger partial charge in [-0.1, -0.05) is 0 Å². The third-order valence-corrected chi connectivity index (χ3v) is 4.51. The van der Waals surface area contributed by atoms with E-state index in [1.165, 1.54) is 19.1 Å². The summed E-state index contributed by atoms with van der Waals surface area (Å²) < 4.78 is 26.9. The van der Waals surface area contributed by atoms with Crippen LogP contribution >= 0.6 is 0 Å². The number of carboxylic acid groups (broad SMARTS) is 1. The van der Waals surface area contributed by atoms with Crippen LogP contribution in [0.4, 0.5) is 11.4 Å². The molecule has 0 spiro atoms. The number of phenols is 1. The Morgan fingerprint density at radius 1 is 1.21 bits per heavy atom. The maximum Gasteiger partial charge on any atom is 0.339 e. The number of aromatic hydroxyl groups is 1. The first-order valence-electron chi connectivity index (χ1n) is 6.46. The quantitative estimate of drug-likeness (QED) is 0.551. The molecule has 0 aromatic heterocycles. The van der Waals surface area contributed by atoms with Crippen LogP contribution < -0.4 is 4.72 Å². The van der Waals surface area contributed by atoms with Gasteiger partial charge in [0.2, 0.25) is 0 Å². The van der Waals surface area contributed by atoms with Gasteiger partial charge in [-0.05, 0) is 36.8 Å². The number of carbonyl (C=O) groups is 1. The first-order valence-corrected chi connectivity index (χ1v) is 7.94. The number of non-ortho nitro benzene ring substituents is 1. The van der Waals surface area contributed by atoms with E-state index in [2.05, 4.69) is 4.72 Å². The molecule has 24 heavy (non-hydrogen) atoms. The smallest absolute Gasteiger partial charge is 0.339 e. The summed E-state index contributed by atoms with van der Waals surface area (Å²) in [6.07, 6.45) is 0. The summed E-state index contributed by atoms with van der Waals surface area (Å²) in [5.74, 6) is -1.99. The molecule has 2 aromatic carbocycles. The zero-order valence-electron chi connectivity index (χ0n) is 12.3. The fourth-order valence-electron chi connectivity index (χ4n) is 1.93. The average Bonchev–Trinajstić information content (AvgIpc) is 2.49. The Labute approximate surface area is 136 Å². The monoisotopic (exact) mass is 352 g/mol. The highest BCUT2D eigenvalue weighted by Gasteiger charge is 2.21. The number of hydrogen-bond donors (Lipinski definition) is 3. The first-order chi connectivity index (χ1) is 11.1. The van der Waals surface area contributed by atoms with Gasteiger partial charge < -0.3 is 10.2 Å². The minimum atomic E-state index is -4.14. The van der Waals surface area contributed by atoms with E-state index in [1.807, 2.05) is 0 Å². The van der Waals surface area contributed by atoms with Crippen LogP contribution in [-0.2, 0) is 10.0 Å². The molecule has 0 aliphatic heterocycles. The average molecular weight is 352 g/mol. The number of carboxylic acids is 1. The van der Waals surface area contributed by atoms with E-state index in [9.17, 15) is 28.4 Å². The number of nitro groups is 1. The van der Waals surface area contributed by atoms with Crippen LogP contribution in [-0.4, -0.2) is 29.5 Å². The van der Waals surface area contributed by atoms with Crippen molar-refractivity contribution in [1.82, 2.24) is 0 Å². The molecule has 0 heterocycles. The lowest BCUT2D eigenvalue weighted by Crippen LogP contribution is -2.14. The summed E-state index contributed by atoms with van der Waals surface area (Å²) in [6, 6.07) is 6.63. The highest BCUT2D eigenvalue weighted by Crippen LogP contribution is 2.27. The van der Waals surface area contributed by atoms with E-state index in [1.54, 1.807) is 0 Å². The van der Waals surface area contributed by atoms with Crippen LogP contribution in [0.25, 0.3) is 0 Å². The second kappa shape index (κ2) is 6.16. The number of nitrogens with zero attached hydrogens (tertiary/aromatic N) is 1. The Morgan fingerprint density at radius 2 is 1.79 bits per heavy atom. The summed E-state index contributed by atoms with van der Waals surface area (Å²) in [5, 5.41) is 29.3. The molecular formula is C14H12N2O7S. The molecule has 0 saturated carbocycles. The molecule has 3 N–H and O–H groups in total. The summed E-state index contributed by atoms with van der Waals surface area (Å²) in [7, 11) is -4.14. The van der Waals surface area contributed by atoms with Crippen molar-refractivity contribution in [3.05, 3.63) is 57.6 Å². The van der Waals surface area contributed by atoms with E-state index in [0.29, 0.717) is 0 Å². The second-order valence-corrected chi connectivity index (χ2v) is 6.53. The van der Waals surface area contributed by atoms with Crippen molar-refractivity contribution in [1.29, 1.82) is 0 Å². The zero-order valence-corrected chi connectivity index (χ0v) is 13.1. The van der Waals surface area contributed by atoms with E-state index >= 15 is 0 Å². The van der Waals surface area contributed by atoms with Gasteiger partial charge in [-0.25, -0.2) is 13.2 Å². The molecule has 10 heteroatoms. The Balaban J connectivity index is 2.40. The Kier molecular flexibility index (Phi) is 4.42. The normalized spacial score (nSPS) is 11.0. The van der Waals surface area contributed by atoms with Crippen molar-refractivity contribution >= 4 is 27.4 Å². The number of aromatic carboxylic acids is 1. The lowest BCUT2D eigenvalue weighted by Gasteiger charge is -2.11. The zero-order chi connectivity index (χ0) is 18.1. The first kappa shape index (κ1) is 17.2. The number of benzene rings is 2. The number of nitro benzene ring substituents is 1. The Hall–Kier alpha value is -3.14. The number of aryl methyl sites for hydroxylation is 1. The summed E-state index contributed by atoms with van der Waals surface area (Å²) in [6.45, 7) is 1.37. The number of anilines is 1. The molecule has 0 bridgehead atoms. The van der Waals surface area contributed by atoms with Gasteiger partial charge in [0.1, 0.15) is 11.3 Å². The predicted octanol–water partition coefficient (Wildman–Crippen LogP) is 2.11. The molecular weight excluding hydrogens is 340 g/mol. The standard InChI is InChI=1S/C14H12N2O7S/c1-8-6-11(7-12(13(8)17)14(18)19)24(22,23)15-9-2-4-10(5-3-9)16(20)21/h2-7,15,17H,1H3,(H,18,19). The SMILES string of the molecule is Cc1cc(S(=O)(=O)Nc2ccc([N+](=O)[O-])cc2)cc(C(=O)O)c1O. The van der Waals surface area contributed by atoms with Crippen LogP contribution in [0.1, 0.15) is 15.9 Å². The van der Waals surface area contributed by atoms with E-state index < -0.39 is 32.2 Å². The second-order valence-electron chi connectivity index (χ2n) is 4.85. The van der Waals surface area contributed by atoms with Gasteiger partial charge in [0.05, 0.1) is 9.82 Å². The lowest BCUT2D eigenvalue weighted by molar-refractivity contribution is -0.384. The Morgan fingerprint density at radius 3 is 2.29 bits per heavy atom. The molecule has 0 aliphatic carbocycles. The van der Waals surface area contributed by atoms with Crippen molar-refractivity contribution in [2.45, 2.75) is 11.8 Å². The van der Waals surface area contributed by atoms with Gasteiger partial charge in [-0.3, -0.25) is 14.8 Å². The highest BCUT2D eigenvalue weighted by atomic mass is 32.2. The third kappa shape index (κ3) is 3.43. The molecule has 9 nitrogen and oxygen atoms in total. The number of nitrogens with one attached hydrogen (secondary N) is 1. The van der Waals surface area contributed by atoms with Crippen molar-refractivity contribution in [2.75, 3.05) is 4.72 Å². The van der Waals surface area contributed by atoms with Crippen LogP contribution in [0.3, 0.4) is 0 Å². The minimum Gasteiger partial charge on any atom is -0.507 e. The fourth-order valence-corrected chi connectivity index (χ4v) is 3.10. The molecule has 0 radical (unpaired) electrons. The molecule has 0 fully saturated rings. The van der Waals surface area contributed by atoms with Gasteiger partial charge in [0, 0.05) is 17.8 Å². The van der Waals surface area contributed by atoms with E-state index in [0.717, 1.165) is 24.3 Å². The van der Waals surface area contributed by atoms with Crippen LogP contribution in [0, 0.1) is 17.0 Å². The molecule has 2 rings (SSSR count). The lowest BCUT2D eigenvalue weighted by atomic mass is 10.1. The van der Waals surface area contributed by atoms with Crippen molar-refractivity contribution < 1.29 is 28.3 Å². The molecule has 0 atom stereocenters. The summed E-state index contributed by atoms with van der Waals surface area (Å²) in [4.78, 5) is 20.7. The number of rotatable bonds is 5. The maximum atomic E-state index is 12.3. The highest BCUT2D eigenvalue weighted by molar-refractivity contribution is 7.92. The topological polar surface area (TPSA) is 147 Å². The summed E-state index contributed by atoms with van der Waals surface area (Å²) in [5.41, 5.74) is -0.590. The minimum absolute atomic E-state index is 0.0724. The molecule has 126 valence electrons. The molecule has 0 aliphatic rings. The Bertz CT molecular complexity index is 921. The summed E-state index contributed by atoms with van der Waals surface area (Å²) >= 11 is 0. The van der Waals surface area contributed by atoms with Gasteiger partial charge >= 0.3 is 5.97 Å². The van der Waals surface area contributed by atoms with Crippen LogP contribution in [0.5, 0.6) is 5.75 Å². The van der Waals surface area contributed by atoms with Crippen molar-refractivity contribution in [3.8, 4) is 5.75 Å². The van der Waals surface area contributed by atoms with Gasteiger partial charge in [0.15, 0.2) is 0 Å². The van der Waals surface area contributed by atoms with Crippen molar-refractivity contribution in [2.24, 2.45) is 0 Å². The third-order valence-electron chi connectivity index (χ3n) is 3.15. The van der Waals surface area contributed by atoms with Gasteiger partial charge in [-0.2, -0.15) is 0 Å². The van der Waals surface area contributed by atoms with Crippen LogP contribution in [0.15, 0.2) is 41.3 Å². The fraction of sp³-hybridized carbons (Fsp3) is 0.0714. The van der Waals surface area contributed by atoms with E-state index in [-0.39, 0.29) is 21.8 Å². The molecule has 0 unspecified atom stereocenters. The van der Waals surface area contributed by atoms with Crippen molar-refractivity contribution in [3.63, 3.8) is 0 Å². The predicted molar refractivity (Wildman–Crippen MR) is 83.7 cm³/mol. The molecule has 0 saturated heterocycles. The van der Waals surface area contributed by atoms with Gasteiger partial charge in [0.25, 0.3) is 15.7 Å². The number of sulfonamides is 1. The van der Waals surface area contributed by atoms with Gasteiger partial charge in [-0.15, -0.1) is 0 Å². The molecule has 2 aromatic rings. The maximum absolute atomic E-state index is 12.3. The molecule has 0 amide bonds. The van der Waals surface area contributed by atoms with E-state index in [4.69, 9.17) is 5.11 Å². The number of hydrogen-bond acceptors (Lipinski definition) is 6.